The molecule has 6 heteroatoms. The molecule has 0 unspecified atom stereocenters. The molecule has 1 rings (SSSR count). The standard InChI is InChI=1S/C8H14N4O2.C2H6/c1-9-7-5-6(11-12-7)8(14)10-3-2-4-13;1-2/h5,13H,2-4H2,1H3,(H,10,14)(H2,9,11,12);1-2H3. The molecule has 1 aromatic heterocycles. The van der Waals surface area contributed by atoms with Crippen molar-refractivity contribution in [3.63, 3.8) is 0 Å². The fraction of sp³-hybridized carbons (Fsp3) is 0.600. The second-order valence-electron chi connectivity index (χ2n) is 2.75. The highest BCUT2D eigenvalue weighted by molar-refractivity contribution is 5.92. The van der Waals surface area contributed by atoms with Crippen molar-refractivity contribution in [2.45, 2.75) is 20.3 Å². The molecule has 6 nitrogen and oxygen atoms in total. The molecule has 0 fully saturated rings. The normalized spacial score (nSPS) is 9.00. The summed E-state index contributed by atoms with van der Waals surface area (Å²) >= 11 is 0. The summed E-state index contributed by atoms with van der Waals surface area (Å²) in [5.41, 5.74) is 0.410. The zero-order valence-corrected chi connectivity index (χ0v) is 10.0. The molecular formula is C10H20N4O2. The molecule has 0 saturated heterocycles. The molecule has 1 amide bonds. The number of aromatic nitrogens is 2. The third-order valence-corrected chi connectivity index (χ3v) is 1.70. The van der Waals surface area contributed by atoms with E-state index in [-0.39, 0.29) is 12.5 Å². The van der Waals surface area contributed by atoms with Crippen LogP contribution in [0.1, 0.15) is 30.8 Å². The first kappa shape index (κ1) is 14.4. The van der Waals surface area contributed by atoms with Crippen molar-refractivity contribution in [1.29, 1.82) is 0 Å². The molecule has 0 aromatic carbocycles. The number of aliphatic hydroxyl groups excluding tert-OH is 1. The van der Waals surface area contributed by atoms with Crippen LogP contribution >= 0.6 is 0 Å². The Morgan fingerprint density at radius 2 is 2.25 bits per heavy atom. The van der Waals surface area contributed by atoms with E-state index in [4.69, 9.17) is 5.11 Å². The lowest BCUT2D eigenvalue weighted by molar-refractivity contribution is 0.0946. The monoisotopic (exact) mass is 228 g/mol. The van der Waals surface area contributed by atoms with Gasteiger partial charge in [-0.3, -0.25) is 9.89 Å². The maximum atomic E-state index is 11.4. The minimum Gasteiger partial charge on any atom is -0.396 e. The van der Waals surface area contributed by atoms with Crippen LogP contribution in [0.15, 0.2) is 6.07 Å². The van der Waals surface area contributed by atoms with E-state index < -0.39 is 0 Å². The smallest absolute Gasteiger partial charge is 0.269 e. The predicted molar refractivity (Wildman–Crippen MR) is 63.5 cm³/mol. The van der Waals surface area contributed by atoms with Crippen LogP contribution < -0.4 is 10.6 Å². The number of H-pyrrole nitrogens is 1. The van der Waals surface area contributed by atoms with E-state index in [1.807, 2.05) is 13.8 Å². The van der Waals surface area contributed by atoms with Crippen molar-refractivity contribution in [1.82, 2.24) is 15.5 Å². The predicted octanol–water partition coefficient (Wildman–Crippen LogP) is 0.590. The molecule has 0 atom stereocenters. The van der Waals surface area contributed by atoms with Gasteiger partial charge in [-0.05, 0) is 6.42 Å². The van der Waals surface area contributed by atoms with E-state index in [2.05, 4.69) is 20.8 Å². The largest absolute Gasteiger partial charge is 0.396 e. The van der Waals surface area contributed by atoms with E-state index in [9.17, 15) is 4.79 Å². The number of hydrogen-bond acceptors (Lipinski definition) is 4. The van der Waals surface area contributed by atoms with Gasteiger partial charge in [0, 0.05) is 26.3 Å². The average molecular weight is 228 g/mol. The Morgan fingerprint density at radius 3 is 2.75 bits per heavy atom. The fourth-order valence-electron chi connectivity index (χ4n) is 0.942. The van der Waals surface area contributed by atoms with Crippen molar-refractivity contribution in [2.24, 2.45) is 0 Å². The summed E-state index contributed by atoms with van der Waals surface area (Å²) in [5, 5.41) is 20.4. The van der Waals surface area contributed by atoms with Gasteiger partial charge in [-0.25, -0.2) is 0 Å². The SMILES string of the molecule is CC.CNc1cc(C(=O)NCCCO)[nH]n1. The van der Waals surface area contributed by atoms with E-state index in [1.165, 1.54) is 0 Å². The Hall–Kier alpha value is -1.56. The van der Waals surface area contributed by atoms with Crippen LogP contribution in [0.4, 0.5) is 5.82 Å². The minimum absolute atomic E-state index is 0.0744. The summed E-state index contributed by atoms with van der Waals surface area (Å²) in [6.45, 7) is 4.54. The van der Waals surface area contributed by atoms with Gasteiger partial charge in [0.1, 0.15) is 11.5 Å². The topological polar surface area (TPSA) is 90.0 Å². The molecule has 0 aliphatic carbocycles. The highest BCUT2D eigenvalue weighted by Crippen LogP contribution is 2.03. The van der Waals surface area contributed by atoms with E-state index in [0.717, 1.165) is 0 Å². The summed E-state index contributed by atoms with van der Waals surface area (Å²) in [4.78, 5) is 11.4. The van der Waals surface area contributed by atoms with Crippen LogP contribution in [0.5, 0.6) is 0 Å². The van der Waals surface area contributed by atoms with Crippen LogP contribution in [-0.2, 0) is 0 Å². The average Bonchev–Trinajstić information content (AvgIpc) is 2.80. The number of aromatic amines is 1. The molecule has 0 bridgehead atoms. The molecule has 1 aromatic rings. The summed E-state index contributed by atoms with van der Waals surface area (Å²) in [5.74, 6) is 0.407. The first-order chi connectivity index (χ1) is 7.77. The molecule has 1 heterocycles. The number of carbonyl (C=O) groups excluding carboxylic acids is 1. The third kappa shape index (κ3) is 4.79. The lowest BCUT2D eigenvalue weighted by Crippen LogP contribution is -2.25. The van der Waals surface area contributed by atoms with Crippen LogP contribution in [0.3, 0.4) is 0 Å². The van der Waals surface area contributed by atoms with Gasteiger partial charge in [-0.1, -0.05) is 13.8 Å². The third-order valence-electron chi connectivity index (χ3n) is 1.70. The molecule has 0 aliphatic rings. The molecule has 0 radical (unpaired) electrons. The quantitative estimate of drug-likeness (QED) is 0.555. The van der Waals surface area contributed by atoms with Gasteiger partial charge in [0.25, 0.3) is 5.91 Å². The number of anilines is 1. The van der Waals surface area contributed by atoms with Crippen LogP contribution in [0, 0.1) is 0 Å². The summed E-state index contributed by atoms with van der Waals surface area (Å²) in [7, 11) is 1.73. The summed E-state index contributed by atoms with van der Waals surface area (Å²) < 4.78 is 0. The van der Waals surface area contributed by atoms with Crippen molar-refractivity contribution >= 4 is 11.7 Å². The van der Waals surface area contributed by atoms with Crippen molar-refractivity contribution < 1.29 is 9.90 Å². The number of aliphatic hydroxyl groups is 1. The Bertz CT molecular complexity index is 299. The van der Waals surface area contributed by atoms with Crippen molar-refractivity contribution in [3.05, 3.63) is 11.8 Å². The highest BCUT2D eigenvalue weighted by atomic mass is 16.3. The first-order valence-corrected chi connectivity index (χ1v) is 5.40. The Labute approximate surface area is 95.4 Å². The summed E-state index contributed by atoms with van der Waals surface area (Å²) in [6.07, 6.45) is 0.554. The molecule has 0 saturated carbocycles. The minimum atomic E-state index is -0.215. The van der Waals surface area contributed by atoms with Gasteiger partial charge in [0.15, 0.2) is 0 Å². The maximum Gasteiger partial charge on any atom is 0.269 e. The fourth-order valence-corrected chi connectivity index (χ4v) is 0.942. The van der Waals surface area contributed by atoms with Crippen molar-refractivity contribution in [2.75, 3.05) is 25.5 Å². The lowest BCUT2D eigenvalue weighted by atomic mass is 10.3. The molecular weight excluding hydrogens is 208 g/mol. The zero-order valence-electron chi connectivity index (χ0n) is 10.0. The van der Waals surface area contributed by atoms with E-state index in [1.54, 1.807) is 13.1 Å². The Kier molecular flexibility index (Phi) is 7.87. The number of nitrogens with zero attached hydrogens (tertiary/aromatic N) is 1. The second-order valence-corrected chi connectivity index (χ2v) is 2.75. The van der Waals surface area contributed by atoms with Crippen LogP contribution in [0.25, 0.3) is 0 Å². The number of nitrogens with one attached hydrogen (secondary N) is 3. The second kappa shape index (κ2) is 8.72. The first-order valence-electron chi connectivity index (χ1n) is 5.40. The Morgan fingerprint density at radius 1 is 1.56 bits per heavy atom. The number of carbonyl (C=O) groups is 1. The molecule has 92 valence electrons. The number of amides is 1. The van der Waals surface area contributed by atoms with Gasteiger partial charge in [-0.2, -0.15) is 5.10 Å². The molecule has 4 N–H and O–H groups in total. The van der Waals surface area contributed by atoms with Crippen LogP contribution in [-0.4, -0.2) is 41.4 Å². The van der Waals surface area contributed by atoms with Crippen molar-refractivity contribution in [3.8, 4) is 0 Å². The van der Waals surface area contributed by atoms with E-state index in [0.29, 0.717) is 24.5 Å². The Balaban J connectivity index is 0.00000106. The van der Waals surface area contributed by atoms with Gasteiger partial charge >= 0.3 is 0 Å². The molecule has 0 aliphatic heterocycles. The zero-order chi connectivity index (χ0) is 12.4. The highest BCUT2D eigenvalue weighted by Gasteiger charge is 2.07. The number of hydrogen-bond donors (Lipinski definition) is 4. The molecule has 16 heavy (non-hydrogen) atoms. The van der Waals surface area contributed by atoms with Crippen LogP contribution in [0.2, 0.25) is 0 Å². The van der Waals surface area contributed by atoms with Gasteiger partial charge < -0.3 is 15.7 Å². The summed E-state index contributed by atoms with van der Waals surface area (Å²) in [6, 6.07) is 1.62. The lowest BCUT2D eigenvalue weighted by Gasteiger charge is -2.00. The van der Waals surface area contributed by atoms with Gasteiger partial charge in [-0.15, -0.1) is 0 Å². The number of rotatable bonds is 5. The van der Waals surface area contributed by atoms with Gasteiger partial charge in [0.05, 0.1) is 0 Å². The van der Waals surface area contributed by atoms with Gasteiger partial charge in [0.2, 0.25) is 0 Å². The maximum absolute atomic E-state index is 11.4. The van der Waals surface area contributed by atoms with E-state index >= 15 is 0 Å². The molecule has 0 spiro atoms.